The molecule has 0 amide bonds. The van der Waals surface area contributed by atoms with E-state index >= 15 is 0 Å². The van der Waals surface area contributed by atoms with Crippen LogP contribution in [-0.2, 0) is 19.1 Å². The molecule has 1 aliphatic rings. The zero-order valence-corrected chi connectivity index (χ0v) is 9.17. The van der Waals surface area contributed by atoms with E-state index < -0.39 is 38.5 Å². The molecule has 0 atom stereocenters. The van der Waals surface area contributed by atoms with Gasteiger partial charge in [0.1, 0.15) is 0 Å². The Kier molecular flexibility index (Phi) is 2.50. The Morgan fingerprint density at radius 2 is 1.58 bits per heavy atom. The van der Waals surface area contributed by atoms with E-state index in [9.17, 15) is 9.59 Å². The smallest absolute Gasteiger partial charge is 0.354 e. The second-order valence-corrected chi connectivity index (χ2v) is 4.84. The molecule has 0 bridgehead atoms. The van der Waals surface area contributed by atoms with Crippen molar-refractivity contribution in [3.8, 4) is 0 Å². The number of cyclic esters (lactones) is 2. The van der Waals surface area contributed by atoms with Gasteiger partial charge in [0.15, 0.2) is 3.51 Å². The van der Waals surface area contributed by atoms with Gasteiger partial charge in [0, 0.05) is 13.8 Å². The first kappa shape index (κ1) is 9.63. The number of alkyl halides is 1. The lowest BCUT2D eigenvalue weighted by molar-refractivity contribution is -0.214. The van der Waals surface area contributed by atoms with E-state index in [0.717, 1.165) is 0 Å². The maximum absolute atomic E-state index is 11.1. The van der Waals surface area contributed by atoms with Crippen molar-refractivity contribution in [2.45, 2.75) is 19.6 Å². The highest BCUT2D eigenvalue weighted by molar-refractivity contribution is 14.2. The second kappa shape index (κ2) is 3.12. The summed E-state index contributed by atoms with van der Waals surface area (Å²) in [5.74, 6) is -2.14. The van der Waals surface area contributed by atoms with Gasteiger partial charge in [-0.3, -0.25) is 0 Å². The zero-order valence-electron chi connectivity index (χ0n) is 7.01. The van der Waals surface area contributed by atoms with Gasteiger partial charge in [-0.05, 0) is 4.93 Å². The van der Waals surface area contributed by atoms with Crippen molar-refractivity contribution in [2.24, 2.45) is 0 Å². The van der Waals surface area contributed by atoms with Crippen LogP contribution in [0.25, 0.3) is 0 Å². The Balaban J connectivity index is 2.93. The molecule has 68 valence electrons. The first-order chi connectivity index (χ1) is 5.46. The fraction of sp³-hybridized carbons (Fsp3) is 0.571. The van der Waals surface area contributed by atoms with Gasteiger partial charge < -0.3 is 9.47 Å². The van der Waals surface area contributed by atoms with Crippen LogP contribution in [0, 0.1) is 0 Å². The third-order valence-electron chi connectivity index (χ3n) is 1.22. The average Bonchev–Trinajstić information content (AvgIpc) is 1.82. The van der Waals surface area contributed by atoms with Crippen LogP contribution in [0.5, 0.6) is 0 Å². The third kappa shape index (κ3) is 1.82. The van der Waals surface area contributed by atoms with Gasteiger partial charge in [-0.2, -0.15) is 0 Å². The summed E-state index contributed by atoms with van der Waals surface area (Å²) in [5.41, 5.74) is 0. The van der Waals surface area contributed by atoms with Crippen molar-refractivity contribution in [1.29, 1.82) is 0 Å². The highest BCUT2D eigenvalue weighted by Gasteiger charge is 2.38. The number of carbonyl (C=O) groups is 2. The molecule has 1 rings (SSSR count). The standard InChI is InChI=1S/C7H9IO4/c1-7(2)11-5(9)4(8-3)6(10)12-7/h1-3H3. The quantitative estimate of drug-likeness (QED) is 0.371. The van der Waals surface area contributed by atoms with E-state index in [2.05, 4.69) is 0 Å². The molecule has 1 heterocycles. The minimum absolute atomic E-state index is 0.188. The normalized spacial score (nSPS) is 21.8. The van der Waals surface area contributed by atoms with Gasteiger partial charge in [-0.1, -0.05) is 0 Å². The SMILES string of the molecule is CI=C1C(=O)OC(C)(C)OC1=O. The maximum atomic E-state index is 11.1. The summed E-state index contributed by atoms with van der Waals surface area (Å²) in [4.78, 5) is 24.1. The number of esters is 2. The van der Waals surface area contributed by atoms with Crippen LogP contribution in [0.3, 0.4) is 0 Å². The molecule has 1 saturated heterocycles. The predicted octanol–water partition coefficient (Wildman–Crippen LogP) is 0.595. The molecule has 1 aliphatic heterocycles. The Morgan fingerprint density at radius 1 is 1.17 bits per heavy atom. The van der Waals surface area contributed by atoms with E-state index in [-0.39, 0.29) is 3.51 Å². The van der Waals surface area contributed by atoms with Crippen molar-refractivity contribution in [3.05, 3.63) is 0 Å². The first-order valence-electron chi connectivity index (χ1n) is 3.29. The Labute approximate surface area is 80.0 Å². The van der Waals surface area contributed by atoms with Crippen LogP contribution in [0.15, 0.2) is 0 Å². The van der Waals surface area contributed by atoms with Crippen molar-refractivity contribution in [1.82, 2.24) is 0 Å². The lowest BCUT2D eigenvalue weighted by atomic mass is 10.3. The second-order valence-electron chi connectivity index (χ2n) is 2.68. The van der Waals surface area contributed by atoms with E-state index in [0.29, 0.717) is 0 Å². The Bertz CT molecular complexity index is 245. The van der Waals surface area contributed by atoms with Crippen LogP contribution in [0.2, 0.25) is 0 Å². The Morgan fingerprint density at radius 3 is 1.92 bits per heavy atom. The topological polar surface area (TPSA) is 52.6 Å². The van der Waals surface area contributed by atoms with Gasteiger partial charge in [0.2, 0.25) is 0 Å². The largest absolute Gasteiger partial charge is 0.419 e. The number of ether oxygens (including phenoxy) is 2. The van der Waals surface area contributed by atoms with E-state index in [1.807, 2.05) is 4.93 Å². The summed E-state index contributed by atoms with van der Waals surface area (Å²) in [7, 11) is 0. The molecule has 0 aromatic heterocycles. The zero-order chi connectivity index (χ0) is 9.35. The van der Waals surface area contributed by atoms with Crippen molar-refractivity contribution >= 4 is 36.2 Å². The maximum Gasteiger partial charge on any atom is 0.354 e. The molecule has 0 aliphatic carbocycles. The summed E-state index contributed by atoms with van der Waals surface area (Å²) < 4.78 is 9.90. The summed E-state index contributed by atoms with van der Waals surface area (Å²) in [5, 5.41) is 0. The molecule has 0 unspecified atom stereocenters. The lowest BCUT2D eigenvalue weighted by Crippen LogP contribution is -2.45. The number of halogens is 1. The molecular weight excluding hydrogens is 275 g/mol. The molecule has 1 fully saturated rings. The molecule has 12 heavy (non-hydrogen) atoms. The lowest BCUT2D eigenvalue weighted by Gasteiger charge is -2.29. The molecule has 0 saturated carbocycles. The number of carbonyl (C=O) groups excluding carboxylic acids is 2. The highest BCUT2D eigenvalue weighted by atomic mass is 127. The monoisotopic (exact) mass is 284 g/mol. The molecule has 0 N–H and O–H groups in total. The third-order valence-corrected chi connectivity index (χ3v) is 3.18. The summed E-state index contributed by atoms with van der Waals surface area (Å²) >= 11 is -0.569. The average molecular weight is 284 g/mol. The fourth-order valence-corrected chi connectivity index (χ4v) is 1.90. The van der Waals surface area contributed by atoms with E-state index in [1.165, 1.54) is 13.8 Å². The van der Waals surface area contributed by atoms with Crippen molar-refractivity contribution in [2.75, 3.05) is 4.93 Å². The highest BCUT2D eigenvalue weighted by Crippen LogP contribution is 2.19. The summed E-state index contributed by atoms with van der Waals surface area (Å²) in [6, 6.07) is 0. The summed E-state index contributed by atoms with van der Waals surface area (Å²) in [6.07, 6.45) is 0. The number of hydrogen-bond acceptors (Lipinski definition) is 4. The fourth-order valence-electron chi connectivity index (χ4n) is 0.795. The minimum atomic E-state index is -1.10. The van der Waals surface area contributed by atoms with Crippen LogP contribution in [-0.4, -0.2) is 26.2 Å². The Hall–Kier alpha value is -0.460. The van der Waals surface area contributed by atoms with Crippen LogP contribution in [0.1, 0.15) is 13.8 Å². The predicted molar refractivity (Wildman–Crippen MR) is 51.2 cm³/mol. The minimum Gasteiger partial charge on any atom is -0.419 e. The van der Waals surface area contributed by atoms with Gasteiger partial charge >= 0.3 is 11.9 Å². The van der Waals surface area contributed by atoms with E-state index in [4.69, 9.17) is 9.47 Å². The van der Waals surface area contributed by atoms with Gasteiger partial charge in [0.05, 0.1) is 0 Å². The van der Waals surface area contributed by atoms with Crippen LogP contribution >= 0.6 is 20.7 Å². The molecule has 5 heteroatoms. The van der Waals surface area contributed by atoms with Crippen molar-refractivity contribution in [3.63, 3.8) is 0 Å². The molecule has 0 aromatic rings. The van der Waals surface area contributed by atoms with Gasteiger partial charge in [-0.15, -0.1) is 20.7 Å². The van der Waals surface area contributed by atoms with Crippen LogP contribution < -0.4 is 0 Å². The number of rotatable bonds is 0. The summed E-state index contributed by atoms with van der Waals surface area (Å²) in [6.45, 7) is 3.07. The molecule has 0 aromatic carbocycles. The van der Waals surface area contributed by atoms with Gasteiger partial charge in [-0.25, -0.2) is 9.59 Å². The molecule has 0 spiro atoms. The first-order valence-corrected chi connectivity index (χ1v) is 6.53. The number of hydrogen-bond donors (Lipinski definition) is 0. The van der Waals surface area contributed by atoms with Crippen LogP contribution in [0.4, 0.5) is 0 Å². The molecular formula is C7H9IO4. The van der Waals surface area contributed by atoms with Crippen molar-refractivity contribution < 1.29 is 19.1 Å². The molecule has 4 nitrogen and oxygen atoms in total. The van der Waals surface area contributed by atoms with E-state index in [1.54, 1.807) is 0 Å². The van der Waals surface area contributed by atoms with Gasteiger partial charge in [0.25, 0.3) is 5.79 Å². The molecule has 0 radical (unpaired) electrons.